The normalized spacial score (nSPS) is 14.9. The fourth-order valence-corrected chi connectivity index (χ4v) is 2.42. The lowest BCUT2D eigenvalue weighted by molar-refractivity contribution is 0.371. The molecule has 0 heterocycles. The number of halogens is 1. The summed E-state index contributed by atoms with van der Waals surface area (Å²) in [6.07, 6.45) is 1.10. The molecule has 0 aromatic heterocycles. The molecule has 1 aromatic carbocycles. The first-order valence-electron chi connectivity index (χ1n) is 5.73. The molecule has 0 saturated carbocycles. The van der Waals surface area contributed by atoms with Gasteiger partial charge in [-0.3, -0.25) is 0 Å². The van der Waals surface area contributed by atoms with Crippen LogP contribution in [0.5, 0.6) is 0 Å². The van der Waals surface area contributed by atoms with Gasteiger partial charge in [-0.15, -0.1) is 0 Å². The molecular formula is C14H22IN. The largest absolute Gasteiger partial charge is 0.325 e. The zero-order valence-electron chi connectivity index (χ0n) is 10.6. The molecule has 2 N–H and O–H groups in total. The van der Waals surface area contributed by atoms with Crippen molar-refractivity contribution >= 4 is 22.6 Å². The number of alkyl halides is 1. The molecule has 0 aliphatic heterocycles. The van der Waals surface area contributed by atoms with Gasteiger partial charge in [0.05, 0.1) is 0 Å². The number of hydrogen-bond acceptors (Lipinski definition) is 1. The van der Waals surface area contributed by atoms with Crippen LogP contribution in [0.3, 0.4) is 0 Å². The molecule has 0 aliphatic carbocycles. The van der Waals surface area contributed by atoms with Crippen LogP contribution in [0.1, 0.15) is 45.6 Å². The SMILES string of the molecule is CC(C)(I)CC(c1ccccc1)C(C)(C)N. The minimum Gasteiger partial charge on any atom is -0.325 e. The van der Waals surface area contributed by atoms with E-state index < -0.39 is 0 Å². The topological polar surface area (TPSA) is 26.0 Å². The summed E-state index contributed by atoms with van der Waals surface area (Å²) < 4.78 is 0.273. The Morgan fingerprint density at radius 3 is 2.00 bits per heavy atom. The van der Waals surface area contributed by atoms with E-state index in [2.05, 4.69) is 80.6 Å². The van der Waals surface area contributed by atoms with Crippen molar-refractivity contribution in [1.82, 2.24) is 0 Å². The van der Waals surface area contributed by atoms with Gasteiger partial charge in [-0.25, -0.2) is 0 Å². The zero-order chi connectivity index (χ0) is 12.4. The van der Waals surface area contributed by atoms with Crippen LogP contribution in [0.4, 0.5) is 0 Å². The monoisotopic (exact) mass is 331 g/mol. The van der Waals surface area contributed by atoms with Gasteiger partial charge < -0.3 is 5.73 Å². The molecule has 0 spiro atoms. The Hall–Kier alpha value is -0.0900. The number of hydrogen-bond donors (Lipinski definition) is 1. The predicted molar refractivity (Wildman–Crippen MR) is 80.2 cm³/mol. The highest BCUT2D eigenvalue weighted by molar-refractivity contribution is 14.1. The molecule has 16 heavy (non-hydrogen) atoms. The van der Waals surface area contributed by atoms with Crippen LogP contribution in [0.2, 0.25) is 0 Å². The maximum Gasteiger partial charge on any atom is 0.0172 e. The molecule has 1 rings (SSSR count). The highest BCUT2D eigenvalue weighted by Crippen LogP contribution is 2.37. The lowest BCUT2D eigenvalue weighted by atomic mass is 9.77. The molecule has 0 fully saturated rings. The summed E-state index contributed by atoms with van der Waals surface area (Å²) in [6.45, 7) is 8.75. The predicted octanol–water partition coefficient (Wildman–Crippen LogP) is 4.11. The van der Waals surface area contributed by atoms with Gasteiger partial charge >= 0.3 is 0 Å². The third-order valence-electron chi connectivity index (χ3n) is 2.79. The maximum atomic E-state index is 6.32. The van der Waals surface area contributed by atoms with E-state index in [-0.39, 0.29) is 8.96 Å². The molecule has 0 radical (unpaired) electrons. The van der Waals surface area contributed by atoms with Gasteiger partial charge in [-0.05, 0) is 25.8 Å². The van der Waals surface area contributed by atoms with Crippen LogP contribution in [0.25, 0.3) is 0 Å². The third-order valence-corrected chi connectivity index (χ3v) is 3.23. The van der Waals surface area contributed by atoms with Crippen molar-refractivity contribution in [1.29, 1.82) is 0 Å². The van der Waals surface area contributed by atoms with Crippen LogP contribution in [-0.2, 0) is 0 Å². The van der Waals surface area contributed by atoms with Gasteiger partial charge in [0.25, 0.3) is 0 Å². The highest BCUT2D eigenvalue weighted by Gasteiger charge is 2.31. The van der Waals surface area contributed by atoms with Gasteiger partial charge in [0.15, 0.2) is 0 Å². The van der Waals surface area contributed by atoms with Crippen LogP contribution in [-0.4, -0.2) is 8.96 Å². The lowest BCUT2D eigenvalue weighted by Gasteiger charge is -2.35. The molecule has 1 unspecified atom stereocenters. The summed E-state index contributed by atoms with van der Waals surface area (Å²) in [5.41, 5.74) is 7.49. The second-order valence-electron chi connectivity index (χ2n) is 5.71. The van der Waals surface area contributed by atoms with E-state index in [0.29, 0.717) is 5.92 Å². The highest BCUT2D eigenvalue weighted by atomic mass is 127. The molecule has 0 amide bonds. The van der Waals surface area contributed by atoms with Crippen molar-refractivity contribution in [2.24, 2.45) is 5.73 Å². The fourth-order valence-electron chi connectivity index (χ4n) is 1.98. The molecule has 1 atom stereocenters. The Kier molecular flexibility index (Phi) is 4.41. The smallest absolute Gasteiger partial charge is 0.0172 e. The molecule has 1 aromatic rings. The van der Waals surface area contributed by atoms with Crippen LogP contribution < -0.4 is 5.73 Å². The second kappa shape index (κ2) is 5.05. The minimum atomic E-state index is -0.177. The Bertz CT molecular complexity index is 319. The van der Waals surface area contributed by atoms with Crippen molar-refractivity contribution in [3.63, 3.8) is 0 Å². The summed E-state index contributed by atoms with van der Waals surface area (Å²) in [5, 5.41) is 0. The number of rotatable bonds is 4. The average molecular weight is 331 g/mol. The van der Waals surface area contributed by atoms with Crippen molar-refractivity contribution in [3.05, 3.63) is 35.9 Å². The molecule has 2 heteroatoms. The van der Waals surface area contributed by atoms with Crippen LogP contribution in [0, 0.1) is 0 Å². The summed E-state index contributed by atoms with van der Waals surface area (Å²) in [6, 6.07) is 10.6. The Morgan fingerprint density at radius 1 is 1.12 bits per heavy atom. The fraction of sp³-hybridized carbons (Fsp3) is 0.571. The second-order valence-corrected chi connectivity index (χ2v) is 8.63. The summed E-state index contributed by atoms with van der Waals surface area (Å²) in [7, 11) is 0. The van der Waals surface area contributed by atoms with E-state index in [1.54, 1.807) is 0 Å². The van der Waals surface area contributed by atoms with E-state index in [9.17, 15) is 0 Å². The molecule has 90 valence electrons. The molecule has 0 saturated heterocycles. The number of benzene rings is 1. The van der Waals surface area contributed by atoms with E-state index in [1.807, 2.05) is 0 Å². The van der Waals surface area contributed by atoms with Crippen molar-refractivity contribution in [2.45, 2.75) is 49.0 Å². The first-order chi connectivity index (χ1) is 7.20. The average Bonchev–Trinajstić information content (AvgIpc) is 2.13. The minimum absolute atomic E-state index is 0.177. The molecular weight excluding hydrogens is 309 g/mol. The van der Waals surface area contributed by atoms with Gasteiger partial charge in [0, 0.05) is 14.9 Å². The van der Waals surface area contributed by atoms with Crippen LogP contribution in [0.15, 0.2) is 30.3 Å². The maximum absolute atomic E-state index is 6.32. The zero-order valence-corrected chi connectivity index (χ0v) is 12.8. The summed E-state index contributed by atoms with van der Waals surface area (Å²) >= 11 is 2.50. The first-order valence-corrected chi connectivity index (χ1v) is 6.81. The standard InChI is InChI=1S/C14H22IN/c1-13(2,15)10-12(14(3,4)16)11-8-6-5-7-9-11/h5-9,12H,10,16H2,1-4H3. The lowest BCUT2D eigenvalue weighted by Crippen LogP contribution is -2.41. The Morgan fingerprint density at radius 2 is 1.62 bits per heavy atom. The number of nitrogens with two attached hydrogens (primary N) is 1. The third kappa shape index (κ3) is 4.42. The van der Waals surface area contributed by atoms with Gasteiger partial charge in [-0.1, -0.05) is 66.8 Å². The molecule has 0 bridgehead atoms. The van der Waals surface area contributed by atoms with E-state index >= 15 is 0 Å². The summed E-state index contributed by atoms with van der Waals surface area (Å²) in [5.74, 6) is 0.403. The first kappa shape index (κ1) is 14.0. The van der Waals surface area contributed by atoms with Gasteiger partial charge in [0.1, 0.15) is 0 Å². The van der Waals surface area contributed by atoms with Gasteiger partial charge in [-0.2, -0.15) is 0 Å². The van der Waals surface area contributed by atoms with Crippen molar-refractivity contribution in [2.75, 3.05) is 0 Å². The quantitative estimate of drug-likeness (QED) is 0.652. The molecule has 1 nitrogen and oxygen atoms in total. The van der Waals surface area contributed by atoms with E-state index in [0.717, 1.165) is 6.42 Å². The summed E-state index contributed by atoms with van der Waals surface area (Å²) in [4.78, 5) is 0. The van der Waals surface area contributed by atoms with Crippen LogP contribution >= 0.6 is 22.6 Å². The van der Waals surface area contributed by atoms with Gasteiger partial charge in [0.2, 0.25) is 0 Å². The Balaban J connectivity index is 2.98. The van der Waals surface area contributed by atoms with Crippen molar-refractivity contribution < 1.29 is 0 Å². The van der Waals surface area contributed by atoms with E-state index in [1.165, 1.54) is 5.56 Å². The molecule has 0 aliphatic rings. The Labute approximate surface area is 113 Å². The van der Waals surface area contributed by atoms with Crippen molar-refractivity contribution in [3.8, 4) is 0 Å². The van der Waals surface area contributed by atoms with E-state index in [4.69, 9.17) is 5.73 Å².